The van der Waals surface area contributed by atoms with E-state index in [4.69, 9.17) is 4.74 Å². The summed E-state index contributed by atoms with van der Waals surface area (Å²) in [4.78, 5) is 2.40. The monoisotopic (exact) mass is 263 g/mol. The van der Waals surface area contributed by atoms with Crippen LogP contribution in [0.25, 0.3) is 0 Å². The summed E-state index contributed by atoms with van der Waals surface area (Å²) in [6.07, 6.45) is 0.196. The van der Waals surface area contributed by atoms with Gasteiger partial charge in [-0.2, -0.15) is 0 Å². The Labute approximate surface area is 116 Å². The molecule has 1 saturated heterocycles. The van der Waals surface area contributed by atoms with Crippen LogP contribution in [0, 0.1) is 0 Å². The van der Waals surface area contributed by atoms with Crippen molar-refractivity contribution in [3.63, 3.8) is 0 Å². The minimum Gasteiger partial charge on any atom is -0.489 e. The van der Waals surface area contributed by atoms with Crippen molar-refractivity contribution >= 4 is 5.69 Å². The van der Waals surface area contributed by atoms with Crippen LogP contribution in [0.1, 0.15) is 13.8 Å². The van der Waals surface area contributed by atoms with Gasteiger partial charge in [-0.1, -0.05) is 12.1 Å². The van der Waals surface area contributed by atoms with Gasteiger partial charge in [-0.05, 0) is 33.0 Å². The molecule has 1 atom stereocenters. The number of benzene rings is 1. The Morgan fingerprint density at radius 2 is 2.21 bits per heavy atom. The summed E-state index contributed by atoms with van der Waals surface area (Å²) >= 11 is 0. The normalized spacial score (nSPS) is 20.5. The minimum atomic E-state index is 0.196. The van der Waals surface area contributed by atoms with E-state index in [0.717, 1.165) is 37.6 Å². The second-order valence-electron chi connectivity index (χ2n) is 5.38. The van der Waals surface area contributed by atoms with Gasteiger partial charge in [-0.25, -0.2) is 0 Å². The van der Waals surface area contributed by atoms with Crippen LogP contribution in [0.2, 0.25) is 0 Å². The Morgan fingerprint density at radius 3 is 2.95 bits per heavy atom. The highest BCUT2D eigenvalue weighted by atomic mass is 16.5. The van der Waals surface area contributed by atoms with Crippen LogP contribution in [0.3, 0.4) is 0 Å². The molecule has 4 nitrogen and oxygen atoms in total. The molecule has 19 heavy (non-hydrogen) atoms. The molecule has 1 aromatic carbocycles. The molecular formula is C15H25N3O. The number of nitrogens with one attached hydrogen (secondary N) is 2. The number of anilines is 1. The average Bonchev–Trinajstić information content (AvgIpc) is 2.39. The van der Waals surface area contributed by atoms with E-state index < -0.39 is 0 Å². The van der Waals surface area contributed by atoms with Crippen molar-refractivity contribution < 1.29 is 4.74 Å². The molecule has 0 bridgehead atoms. The van der Waals surface area contributed by atoms with Crippen molar-refractivity contribution in [3.8, 4) is 5.75 Å². The third-order valence-electron chi connectivity index (χ3n) is 3.42. The maximum atomic E-state index is 5.82. The van der Waals surface area contributed by atoms with Gasteiger partial charge in [-0.3, -0.25) is 4.90 Å². The lowest BCUT2D eigenvalue weighted by Crippen LogP contribution is -2.52. The van der Waals surface area contributed by atoms with E-state index in [-0.39, 0.29) is 6.10 Å². The third kappa shape index (κ3) is 4.11. The molecule has 0 aliphatic carbocycles. The van der Waals surface area contributed by atoms with Crippen molar-refractivity contribution in [3.05, 3.63) is 24.3 Å². The van der Waals surface area contributed by atoms with Crippen LogP contribution >= 0.6 is 0 Å². The summed E-state index contributed by atoms with van der Waals surface area (Å²) in [5, 5.41) is 6.95. The fourth-order valence-corrected chi connectivity index (χ4v) is 2.29. The van der Waals surface area contributed by atoms with E-state index in [1.165, 1.54) is 0 Å². The first-order chi connectivity index (χ1) is 9.16. The van der Waals surface area contributed by atoms with E-state index in [1.54, 1.807) is 0 Å². The number of hydrogen-bond acceptors (Lipinski definition) is 4. The Morgan fingerprint density at radius 1 is 1.42 bits per heavy atom. The van der Waals surface area contributed by atoms with Gasteiger partial charge in [-0.15, -0.1) is 0 Å². The zero-order chi connectivity index (χ0) is 13.7. The smallest absolute Gasteiger partial charge is 0.142 e. The molecule has 1 aliphatic rings. The lowest BCUT2D eigenvalue weighted by atomic mass is 10.2. The van der Waals surface area contributed by atoms with Gasteiger partial charge in [0.05, 0.1) is 11.8 Å². The summed E-state index contributed by atoms with van der Waals surface area (Å²) in [5.74, 6) is 0.934. The average molecular weight is 263 g/mol. The van der Waals surface area contributed by atoms with Crippen molar-refractivity contribution in [1.82, 2.24) is 10.2 Å². The SMILES string of the molecule is CC(C)Oc1ccccc1NCC1CNCCN1C. The summed E-state index contributed by atoms with van der Waals surface area (Å²) < 4.78 is 5.82. The molecule has 1 fully saturated rings. The second-order valence-corrected chi connectivity index (χ2v) is 5.38. The fraction of sp³-hybridized carbons (Fsp3) is 0.600. The fourth-order valence-electron chi connectivity index (χ4n) is 2.29. The molecule has 0 saturated carbocycles. The number of para-hydroxylation sites is 2. The van der Waals surface area contributed by atoms with Gasteiger partial charge in [0.25, 0.3) is 0 Å². The summed E-state index contributed by atoms with van der Waals surface area (Å²) in [6, 6.07) is 8.68. The van der Waals surface area contributed by atoms with Gasteiger partial charge in [0.15, 0.2) is 0 Å². The number of piperazine rings is 1. The summed E-state index contributed by atoms with van der Waals surface area (Å²) in [5.41, 5.74) is 1.08. The first-order valence-corrected chi connectivity index (χ1v) is 7.07. The number of hydrogen-bond donors (Lipinski definition) is 2. The molecule has 0 spiro atoms. The maximum absolute atomic E-state index is 5.82. The van der Waals surface area contributed by atoms with E-state index >= 15 is 0 Å². The van der Waals surface area contributed by atoms with E-state index in [9.17, 15) is 0 Å². The molecule has 1 aromatic rings. The third-order valence-corrected chi connectivity index (χ3v) is 3.42. The number of nitrogens with zero attached hydrogens (tertiary/aromatic N) is 1. The zero-order valence-electron chi connectivity index (χ0n) is 12.1. The van der Waals surface area contributed by atoms with Gasteiger partial charge in [0.2, 0.25) is 0 Å². The molecule has 2 rings (SSSR count). The van der Waals surface area contributed by atoms with Crippen molar-refractivity contribution in [1.29, 1.82) is 0 Å². The predicted octanol–water partition coefficient (Wildman–Crippen LogP) is 1.79. The minimum absolute atomic E-state index is 0.196. The first kappa shape index (κ1) is 14.2. The Hall–Kier alpha value is -1.26. The highest BCUT2D eigenvalue weighted by molar-refractivity contribution is 5.56. The molecule has 106 valence electrons. The lowest BCUT2D eigenvalue weighted by molar-refractivity contribution is 0.208. The van der Waals surface area contributed by atoms with Crippen molar-refractivity contribution in [2.45, 2.75) is 26.0 Å². The van der Waals surface area contributed by atoms with Crippen LogP contribution < -0.4 is 15.4 Å². The highest BCUT2D eigenvalue weighted by Crippen LogP contribution is 2.24. The Balaban J connectivity index is 1.94. The van der Waals surface area contributed by atoms with Gasteiger partial charge < -0.3 is 15.4 Å². The number of rotatable bonds is 5. The Bertz CT molecular complexity index is 395. The van der Waals surface area contributed by atoms with Gasteiger partial charge in [0.1, 0.15) is 5.75 Å². The Kier molecular flexibility index (Phi) is 5.05. The van der Waals surface area contributed by atoms with Crippen LogP contribution in [0.5, 0.6) is 5.75 Å². The molecule has 1 unspecified atom stereocenters. The highest BCUT2D eigenvalue weighted by Gasteiger charge is 2.18. The van der Waals surface area contributed by atoms with Crippen LogP contribution in [0.4, 0.5) is 5.69 Å². The zero-order valence-corrected chi connectivity index (χ0v) is 12.1. The predicted molar refractivity (Wildman–Crippen MR) is 80.0 cm³/mol. The van der Waals surface area contributed by atoms with Crippen LogP contribution in [-0.2, 0) is 0 Å². The molecule has 1 aliphatic heterocycles. The molecule has 0 amide bonds. The van der Waals surface area contributed by atoms with E-state index in [0.29, 0.717) is 6.04 Å². The maximum Gasteiger partial charge on any atom is 0.142 e. The van der Waals surface area contributed by atoms with E-state index in [1.807, 2.05) is 18.2 Å². The first-order valence-electron chi connectivity index (χ1n) is 7.07. The quantitative estimate of drug-likeness (QED) is 0.849. The lowest BCUT2D eigenvalue weighted by Gasteiger charge is -2.33. The summed E-state index contributed by atoms with van der Waals surface area (Å²) in [6.45, 7) is 8.26. The number of ether oxygens (including phenoxy) is 1. The number of likely N-dealkylation sites (N-methyl/N-ethyl adjacent to an activating group) is 1. The van der Waals surface area contributed by atoms with Crippen LogP contribution in [-0.4, -0.2) is 50.3 Å². The second kappa shape index (κ2) is 6.78. The van der Waals surface area contributed by atoms with Crippen LogP contribution in [0.15, 0.2) is 24.3 Å². The molecule has 0 aromatic heterocycles. The topological polar surface area (TPSA) is 36.5 Å². The standard InChI is InChI=1S/C15H25N3O/c1-12(2)19-15-7-5-4-6-14(15)17-11-13-10-16-8-9-18(13)3/h4-7,12-13,16-17H,8-11H2,1-3H3. The molecule has 4 heteroatoms. The molecule has 1 heterocycles. The van der Waals surface area contributed by atoms with Gasteiger partial charge in [0, 0.05) is 32.2 Å². The largest absolute Gasteiger partial charge is 0.489 e. The molecule has 0 radical (unpaired) electrons. The molecular weight excluding hydrogens is 238 g/mol. The van der Waals surface area contributed by atoms with Crippen molar-refractivity contribution in [2.75, 3.05) is 38.5 Å². The summed E-state index contributed by atoms with van der Waals surface area (Å²) in [7, 11) is 2.18. The van der Waals surface area contributed by atoms with Crippen molar-refractivity contribution in [2.24, 2.45) is 0 Å². The van der Waals surface area contributed by atoms with E-state index in [2.05, 4.69) is 42.5 Å². The van der Waals surface area contributed by atoms with Gasteiger partial charge >= 0.3 is 0 Å². The molecule has 2 N–H and O–H groups in total.